The molecule has 0 amide bonds. The van der Waals surface area contributed by atoms with Crippen molar-refractivity contribution >= 4 is 0 Å². The van der Waals surface area contributed by atoms with Crippen LogP contribution in [0.15, 0.2) is 18.2 Å². The summed E-state index contributed by atoms with van der Waals surface area (Å²) in [5, 5.41) is 0. The fourth-order valence-electron chi connectivity index (χ4n) is 1.57. The van der Waals surface area contributed by atoms with Crippen molar-refractivity contribution in [3.8, 4) is 5.75 Å². The van der Waals surface area contributed by atoms with E-state index in [-0.39, 0.29) is 17.0 Å². The van der Waals surface area contributed by atoms with Gasteiger partial charge in [0.2, 0.25) is 0 Å². The molecule has 16 heavy (non-hydrogen) atoms. The van der Waals surface area contributed by atoms with E-state index in [1.807, 2.05) is 0 Å². The van der Waals surface area contributed by atoms with Crippen molar-refractivity contribution in [2.75, 3.05) is 19.8 Å². The maximum absolute atomic E-state index is 13.5. The summed E-state index contributed by atoms with van der Waals surface area (Å²) < 4.78 is 24.1. The van der Waals surface area contributed by atoms with Gasteiger partial charge in [-0.25, -0.2) is 4.39 Å². The summed E-state index contributed by atoms with van der Waals surface area (Å²) in [4.78, 5) is 0. The summed E-state index contributed by atoms with van der Waals surface area (Å²) in [7, 11) is 0. The Hall–Kier alpha value is -1.13. The van der Waals surface area contributed by atoms with Gasteiger partial charge in [-0.2, -0.15) is 0 Å². The van der Waals surface area contributed by atoms with E-state index in [0.717, 1.165) is 5.56 Å². The molecule has 0 aromatic heterocycles. The Labute approximate surface area is 94.3 Å². The second-order valence-corrected chi connectivity index (χ2v) is 4.56. The van der Waals surface area contributed by atoms with Crippen molar-refractivity contribution < 1.29 is 13.9 Å². The van der Waals surface area contributed by atoms with Gasteiger partial charge in [0.25, 0.3) is 0 Å². The lowest BCUT2D eigenvalue weighted by Crippen LogP contribution is -2.44. The van der Waals surface area contributed by atoms with Gasteiger partial charge in [-0.1, -0.05) is 13.0 Å². The van der Waals surface area contributed by atoms with E-state index in [1.54, 1.807) is 12.1 Å². The molecular formula is C12H16FNO2. The third-order valence-electron chi connectivity index (χ3n) is 2.71. The van der Waals surface area contributed by atoms with Crippen LogP contribution in [0.2, 0.25) is 0 Å². The molecule has 1 fully saturated rings. The number of hydrogen-bond acceptors (Lipinski definition) is 3. The Morgan fingerprint density at radius 3 is 2.75 bits per heavy atom. The molecule has 2 rings (SSSR count). The number of nitrogens with two attached hydrogens (primary N) is 1. The Kier molecular flexibility index (Phi) is 3.12. The summed E-state index contributed by atoms with van der Waals surface area (Å²) >= 11 is 0. The molecule has 0 aliphatic carbocycles. The predicted molar refractivity (Wildman–Crippen MR) is 58.7 cm³/mol. The highest BCUT2D eigenvalue weighted by Gasteiger charge is 2.34. The van der Waals surface area contributed by atoms with E-state index in [2.05, 4.69) is 6.92 Å². The highest BCUT2D eigenvalue weighted by Crippen LogP contribution is 2.28. The van der Waals surface area contributed by atoms with Gasteiger partial charge in [0.15, 0.2) is 11.6 Å². The summed E-state index contributed by atoms with van der Waals surface area (Å²) in [6, 6.07) is 4.81. The molecule has 0 bridgehead atoms. The lowest BCUT2D eigenvalue weighted by Gasteiger charge is -2.37. The molecule has 3 nitrogen and oxygen atoms in total. The lowest BCUT2D eigenvalue weighted by atomic mass is 9.90. The van der Waals surface area contributed by atoms with Crippen LogP contribution in [0.4, 0.5) is 4.39 Å². The molecule has 0 radical (unpaired) electrons. The van der Waals surface area contributed by atoms with Crippen LogP contribution in [0.25, 0.3) is 0 Å². The van der Waals surface area contributed by atoms with E-state index >= 15 is 0 Å². The SMILES string of the molecule is CC1(COc2ccc(CN)cc2F)COC1. The average molecular weight is 225 g/mol. The largest absolute Gasteiger partial charge is 0.490 e. The van der Waals surface area contributed by atoms with Gasteiger partial charge < -0.3 is 15.2 Å². The fourth-order valence-corrected chi connectivity index (χ4v) is 1.57. The van der Waals surface area contributed by atoms with Crippen LogP contribution in [0.3, 0.4) is 0 Å². The molecule has 1 aromatic carbocycles. The molecule has 1 heterocycles. The predicted octanol–water partition coefficient (Wildman–Crippen LogP) is 1.70. The maximum Gasteiger partial charge on any atom is 0.165 e. The van der Waals surface area contributed by atoms with E-state index in [1.165, 1.54) is 6.07 Å². The van der Waals surface area contributed by atoms with Gasteiger partial charge in [-0.15, -0.1) is 0 Å². The monoisotopic (exact) mass is 225 g/mol. The highest BCUT2D eigenvalue weighted by molar-refractivity contribution is 5.29. The molecule has 0 atom stereocenters. The molecular weight excluding hydrogens is 209 g/mol. The van der Waals surface area contributed by atoms with Crippen molar-refractivity contribution in [2.24, 2.45) is 11.1 Å². The zero-order chi connectivity index (χ0) is 11.6. The van der Waals surface area contributed by atoms with Crippen molar-refractivity contribution in [3.05, 3.63) is 29.6 Å². The summed E-state index contributed by atoms with van der Waals surface area (Å²) in [6.45, 7) is 4.22. The maximum atomic E-state index is 13.5. The number of benzene rings is 1. The zero-order valence-corrected chi connectivity index (χ0v) is 9.33. The van der Waals surface area contributed by atoms with Crippen LogP contribution in [-0.2, 0) is 11.3 Å². The second kappa shape index (κ2) is 4.39. The smallest absolute Gasteiger partial charge is 0.165 e. The molecule has 1 saturated heterocycles. The van der Waals surface area contributed by atoms with Crippen LogP contribution in [0, 0.1) is 11.2 Å². The molecule has 1 aromatic rings. The Morgan fingerprint density at radius 1 is 1.50 bits per heavy atom. The van der Waals surface area contributed by atoms with Crippen LogP contribution >= 0.6 is 0 Å². The van der Waals surface area contributed by atoms with E-state index in [0.29, 0.717) is 26.4 Å². The first kappa shape index (κ1) is 11.4. The molecule has 4 heteroatoms. The normalized spacial score (nSPS) is 17.9. The van der Waals surface area contributed by atoms with Crippen LogP contribution < -0.4 is 10.5 Å². The lowest BCUT2D eigenvalue weighted by molar-refractivity contribution is -0.120. The Balaban J connectivity index is 1.98. The first-order valence-corrected chi connectivity index (χ1v) is 5.32. The number of halogens is 1. The molecule has 2 N–H and O–H groups in total. The molecule has 0 saturated carbocycles. The van der Waals surface area contributed by atoms with Gasteiger partial charge in [0.05, 0.1) is 19.8 Å². The van der Waals surface area contributed by atoms with Crippen LogP contribution in [-0.4, -0.2) is 19.8 Å². The highest BCUT2D eigenvalue weighted by atomic mass is 19.1. The number of rotatable bonds is 4. The first-order valence-electron chi connectivity index (χ1n) is 5.32. The van der Waals surface area contributed by atoms with Crippen molar-refractivity contribution in [2.45, 2.75) is 13.5 Å². The van der Waals surface area contributed by atoms with Gasteiger partial charge >= 0.3 is 0 Å². The number of ether oxygens (including phenoxy) is 2. The van der Waals surface area contributed by atoms with Crippen molar-refractivity contribution in [3.63, 3.8) is 0 Å². The van der Waals surface area contributed by atoms with Gasteiger partial charge in [0, 0.05) is 12.0 Å². The third-order valence-corrected chi connectivity index (χ3v) is 2.71. The van der Waals surface area contributed by atoms with E-state index in [4.69, 9.17) is 15.2 Å². The average Bonchev–Trinajstić information content (AvgIpc) is 2.25. The van der Waals surface area contributed by atoms with Crippen LogP contribution in [0.5, 0.6) is 5.75 Å². The van der Waals surface area contributed by atoms with E-state index < -0.39 is 0 Å². The summed E-state index contributed by atoms with van der Waals surface area (Å²) in [5.41, 5.74) is 6.21. The third kappa shape index (κ3) is 2.33. The zero-order valence-electron chi connectivity index (χ0n) is 9.33. The minimum absolute atomic E-state index is 0.0268. The number of hydrogen-bond donors (Lipinski definition) is 1. The Bertz CT molecular complexity index is 377. The molecule has 1 aliphatic heterocycles. The molecule has 88 valence electrons. The molecule has 1 aliphatic rings. The molecule has 0 spiro atoms. The van der Waals surface area contributed by atoms with Crippen LogP contribution in [0.1, 0.15) is 12.5 Å². The second-order valence-electron chi connectivity index (χ2n) is 4.56. The fraction of sp³-hybridized carbons (Fsp3) is 0.500. The van der Waals surface area contributed by atoms with E-state index in [9.17, 15) is 4.39 Å². The standard InChI is InChI=1S/C12H16FNO2/c1-12(6-15-7-12)8-16-11-3-2-9(5-14)4-10(11)13/h2-4H,5-8,14H2,1H3. The van der Waals surface area contributed by atoms with Crippen molar-refractivity contribution in [1.82, 2.24) is 0 Å². The topological polar surface area (TPSA) is 44.5 Å². The first-order chi connectivity index (χ1) is 7.63. The van der Waals surface area contributed by atoms with Crippen molar-refractivity contribution in [1.29, 1.82) is 0 Å². The Morgan fingerprint density at radius 2 is 2.25 bits per heavy atom. The molecule has 0 unspecified atom stereocenters. The quantitative estimate of drug-likeness (QED) is 0.848. The van der Waals surface area contributed by atoms with Gasteiger partial charge in [-0.3, -0.25) is 0 Å². The summed E-state index contributed by atoms with van der Waals surface area (Å²) in [5.74, 6) is -0.0721. The van der Waals surface area contributed by atoms with Gasteiger partial charge in [-0.05, 0) is 17.7 Å². The minimum Gasteiger partial charge on any atom is -0.490 e. The summed E-state index contributed by atoms with van der Waals surface area (Å²) in [6.07, 6.45) is 0. The minimum atomic E-state index is -0.355. The van der Waals surface area contributed by atoms with Gasteiger partial charge in [0.1, 0.15) is 0 Å².